The zero-order chi connectivity index (χ0) is 22.9. The van der Waals surface area contributed by atoms with E-state index in [0.29, 0.717) is 23.8 Å². The number of nitrogens with one attached hydrogen (secondary N) is 2. The summed E-state index contributed by atoms with van der Waals surface area (Å²) in [5, 5.41) is 10.9. The van der Waals surface area contributed by atoms with Crippen LogP contribution in [-0.2, 0) is 17.9 Å². The molecule has 1 aliphatic heterocycles. The minimum atomic E-state index is -1.06. The van der Waals surface area contributed by atoms with Gasteiger partial charge in [-0.1, -0.05) is 36.6 Å². The number of likely N-dealkylation sites (N-methyl/N-ethyl adjacent to an activating group) is 1. The first-order chi connectivity index (χ1) is 15.3. The summed E-state index contributed by atoms with van der Waals surface area (Å²) in [7, 11) is 0. The zero-order valence-electron chi connectivity index (χ0n) is 18.4. The fourth-order valence-corrected chi connectivity index (χ4v) is 4.66. The number of aromatic nitrogens is 2. The summed E-state index contributed by atoms with van der Waals surface area (Å²) in [5.74, 6) is -0.851. The van der Waals surface area contributed by atoms with Crippen LogP contribution in [-0.4, -0.2) is 50.5 Å². The maximum absolute atomic E-state index is 13.2. The van der Waals surface area contributed by atoms with Gasteiger partial charge < -0.3 is 15.5 Å². The van der Waals surface area contributed by atoms with E-state index < -0.39 is 5.54 Å². The second kappa shape index (κ2) is 8.94. The van der Waals surface area contributed by atoms with Gasteiger partial charge in [0.1, 0.15) is 11.2 Å². The van der Waals surface area contributed by atoms with E-state index in [2.05, 4.69) is 15.7 Å². The van der Waals surface area contributed by atoms with Gasteiger partial charge in [-0.3, -0.25) is 19.1 Å². The molecule has 0 unspecified atom stereocenters. The first-order valence-electron chi connectivity index (χ1n) is 11.0. The smallest absolute Gasteiger partial charge is 0.273 e. The molecule has 32 heavy (non-hydrogen) atoms. The Morgan fingerprint density at radius 2 is 1.91 bits per heavy atom. The van der Waals surface area contributed by atoms with Crippen LogP contribution in [0.4, 0.5) is 0 Å². The van der Waals surface area contributed by atoms with Crippen LogP contribution in [0.3, 0.4) is 0 Å². The van der Waals surface area contributed by atoms with E-state index in [1.807, 2.05) is 19.1 Å². The number of carbonyl (C=O) groups excluding carboxylic acids is 3. The lowest BCUT2D eigenvalue weighted by molar-refractivity contribution is -0.133. The fraction of sp³-hybridized carbons (Fsp3) is 0.478. The molecule has 2 aliphatic rings. The van der Waals surface area contributed by atoms with Crippen LogP contribution in [0.2, 0.25) is 5.02 Å². The maximum Gasteiger partial charge on any atom is 0.273 e. The zero-order valence-corrected chi connectivity index (χ0v) is 19.1. The Morgan fingerprint density at radius 1 is 1.22 bits per heavy atom. The molecule has 8 nitrogen and oxygen atoms in total. The number of rotatable bonds is 6. The summed E-state index contributed by atoms with van der Waals surface area (Å²) in [5.41, 5.74) is 0.300. The van der Waals surface area contributed by atoms with Crippen molar-refractivity contribution in [2.45, 2.75) is 64.2 Å². The first kappa shape index (κ1) is 22.3. The van der Waals surface area contributed by atoms with Gasteiger partial charge in [0.15, 0.2) is 5.69 Å². The second-order valence-corrected chi connectivity index (χ2v) is 9.10. The first-order valence-corrected chi connectivity index (χ1v) is 11.4. The largest absolute Gasteiger partial charge is 0.351 e. The molecule has 1 fully saturated rings. The van der Waals surface area contributed by atoms with Gasteiger partial charge in [-0.15, -0.1) is 0 Å². The van der Waals surface area contributed by atoms with Gasteiger partial charge in [-0.2, -0.15) is 5.10 Å². The van der Waals surface area contributed by atoms with Gasteiger partial charge in [-0.25, -0.2) is 0 Å². The Kier molecular flexibility index (Phi) is 6.24. The van der Waals surface area contributed by atoms with Crippen molar-refractivity contribution in [3.05, 3.63) is 52.3 Å². The average molecular weight is 458 g/mol. The van der Waals surface area contributed by atoms with Gasteiger partial charge in [0.05, 0.1) is 6.54 Å². The van der Waals surface area contributed by atoms with Crippen LogP contribution in [0.15, 0.2) is 30.3 Å². The van der Waals surface area contributed by atoms with Crippen molar-refractivity contribution in [2.24, 2.45) is 0 Å². The predicted octanol–water partition coefficient (Wildman–Crippen LogP) is 2.76. The van der Waals surface area contributed by atoms with Crippen molar-refractivity contribution < 1.29 is 14.4 Å². The maximum atomic E-state index is 13.2. The molecule has 2 aromatic rings. The van der Waals surface area contributed by atoms with Crippen molar-refractivity contribution in [3.63, 3.8) is 0 Å². The molecule has 0 bridgehead atoms. The quantitative estimate of drug-likeness (QED) is 0.697. The van der Waals surface area contributed by atoms with Crippen LogP contribution in [0.25, 0.3) is 0 Å². The van der Waals surface area contributed by atoms with E-state index >= 15 is 0 Å². The molecule has 0 radical (unpaired) electrons. The third kappa shape index (κ3) is 4.24. The number of amides is 3. The highest BCUT2D eigenvalue weighted by Gasteiger charge is 2.48. The Balaban J connectivity index is 1.51. The highest BCUT2D eigenvalue weighted by molar-refractivity contribution is 6.30. The van der Waals surface area contributed by atoms with E-state index in [1.165, 1.54) is 10.7 Å². The van der Waals surface area contributed by atoms with Crippen LogP contribution < -0.4 is 10.6 Å². The van der Waals surface area contributed by atoms with Crippen molar-refractivity contribution in [1.82, 2.24) is 25.3 Å². The van der Waals surface area contributed by atoms with Crippen molar-refractivity contribution in [2.75, 3.05) is 6.54 Å². The molecular weight excluding hydrogens is 430 g/mol. The monoisotopic (exact) mass is 457 g/mol. The third-order valence-corrected chi connectivity index (χ3v) is 6.64. The number of hydrogen-bond acceptors (Lipinski definition) is 4. The lowest BCUT2D eigenvalue weighted by atomic mass is 9.94. The van der Waals surface area contributed by atoms with E-state index in [0.717, 1.165) is 31.2 Å². The Hall–Kier alpha value is -2.87. The van der Waals surface area contributed by atoms with Crippen molar-refractivity contribution in [3.8, 4) is 0 Å². The fourth-order valence-electron chi connectivity index (χ4n) is 4.53. The van der Waals surface area contributed by atoms with Gasteiger partial charge >= 0.3 is 0 Å². The lowest BCUT2D eigenvalue weighted by Crippen LogP contribution is -2.64. The molecule has 2 heterocycles. The van der Waals surface area contributed by atoms with E-state index in [9.17, 15) is 14.4 Å². The Morgan fingerprint density at radius 3 is 2.56 bits per heavy atom. The Labute approximate surface area is 192 Å². The molecule has 170 valence electrons. The minimum absolute atomic E-state index is 0.152. The summed E-state index contributed by atoms with van der Waals surface area (Å²) in [6.07, 6.45) is 4.14. The SMILES string of the molecule is CCN1C(=O)c2cc(C(=O)NCc3ccc(Cl)cc3)nn2C[C@@]1(C)C(=O)NC1CCCC1. The normalized spacial score (nSPS) is 20.8. The summed E-state index contributed by atoms with van der Waals surface area (Å²) < 4.78 is 1.49. The van der Waals surface area contributed by atoms with Gasteiger partial charge in [0, 0.05) is 30.2 Å². The number of carbonyl (C=O) groups is 3. The molecular formula is C23H28ClN5O3. The summed E-state index contributed by atoms with van der Waals surface area (Å²) >= 11 is 5.89. The number of hydrogen-bond donors (Lipinski definition) is 2. The number of nitrogens with zero attached hydrogens (tertiary/aromatic N) is 3. The third-order valence-electron chi connectivity index (χ3n) is 6.39. The molecule has 1 saturated carbocycles. The molecule has 1 aromatic heterocycles. The predicted molar refractivity (Wildman–Crippen MR) is 120 cm³/mol. The van der Waals surface area contributed by atoms with E-state index in [-0.39, 0.29) is 36.0 Å². The standard InChI is InChI=1S/C23H28ClN5O3/c1-3-28-21(31)19-12-18(20(30)25-13-15-8-10-16(24)11-9-15)27-29(19)14-23(28,2)22(32)26-17-6-4-5-7-17/h8-12,17H,3-7,13-14H2,1-2H3,(H,25,30)(H,26,32)/t23-/m0/s1. The van der Waals surface area contributed by atoms with Crippen LogP contribution in [0.1, 0.15) is 66.1 Å². The second-order valence-electron chi connectivity index (χ2n) is 8.66. The number of halogens is 1. The van der Waals surface area contributed by atoms with Crippen LogP contribution in [0.5, 0.6) is 0 Å². The van der Waals surface area contributed by atoms with Gasteiger partial charge in [0.25, 0.3) is 11.8 Å². The molecule has 9 heteroatoms. The molecule has 4 rings (SSSR count). The molecule has 3 amide bonds. The van der Waals surface area contributed by atoms with E-state index in [1.54, 1.807) is 24.0 Å². The number of benzene rings is 1. The van der Waals surface area contributed by atoms with Crippen LogP contribution in [0, 0.1) is 0 Å². The topological polar surface area (TPSA) is 96.3 Å². The minimum Gasteiger partial charge on any atom is -0.351 e. The summed E-state index contributed by atoms with van der Waals surface area (Å²) in [6, 6.07) is 8.83. The Bertz CT molecular complexity index is 1030. The lowest BCUT2D eigenvalue weighted by Gasteiger charge is -2.43. The van der Waals surface area contributed by atoms with Gasteiger partial charge in [-0.05, 0) is 44.4 Å². The highest BCUT2D eigenvalue weighted by Crippen LogP contribution is 2.28. The molecule has 0 saturated heterocycles. The average Bonchev–Trinajstić information content (AvgIpc) is 3.43. The van der Waals surface area contributed by atoms with Crippen molar-refractivity contribution in [1.29, 1.82) is 0 Å². The molecule has 0 spiro atoms. The summed E-state index contributed by atoms with van der Waals surface area (Å²) in [6.45, 7) is 4.52. The highest BCUT2D eigenvalue weighted by atomic mass is 35.5. The molecule has 2 N–H and O–H groups in total. The van der Waals surface area contributed by atoms with Crippen LogP contribution >= 0.6 is 11.6 Å². The molecule has 1 aliphatic carbocycles. The van der Waals surface area contributed by atoms with E-state index in [4.69, 9.17) is 11.6 Å². The van der Waals surface area contributed by atoms with Gasteiger partial charge in [0.2, 0.25) is 5.91 Å². The molecule has 1 aromatic carbocycles. The number of fused-ring (bicyclic) bond motifs is 1. The van der Waals surface area contributed by atoms with Crippen molar-refractivity contribution >= 4 is 29.3 Å². The molecule has 1 atom stereocenters. The summed E-state index contributed by atoms with van der Waals surface area (Å²) in [4.78, 5) is 40.6.